The SMILES string of the molecule is CSCCC(C)NS(=O)(=O)c1n[nH]c(C)c1CNC(C)C. The molecule has 3 N–H and O–H groups in total. The molecule has 1 unspecified atom stereocenters. The van der Waals surface area contributed by atoms with Crippen LogP contribution in [0.25, 0.3) is 0 Å². The molecule has 1 heterocycles. The van der Waals surface area contributed by atoms with Crippen molar-refractivity contribution in [3.63, 3.8) is 0 Å². The summed E-state index contributed by atoms with van der Waals surface area (Å²) in [6, 6.07) is 0.175. The lowest BCUT2D eigenvalue weighted by Crippen LogP contribution is -2.34. The zero-order valence-corrected chi connectivity index (χ0v) is 15.0. The van der Waals surface area contributed by atoms with Crippen molar-refractivity contribution in [2.45, 2.75) is 57.8 Å². The van der Waals surface area contributed by atoms with Gasteiger partial charge < -0.3 is 5.32 Å². The molecule has 0 aliphatic rings. The largest absolute Gasteiger partial charge is 0.310 e. The van der Waals surface area contributed by atoms with Crippen molar-refractivity contribution < 1.29 is 8.42 Å². The predicted molar refractivity (Wildman–Crippen MR) is 88.1 cm³/mol. The van der Waals surface area contributed by atoms with E-state index in [1.54, 1.807) is 11.8 Å². The number of sulfonamides is 1. The minimum atomic E-state index is -3.59. The van der Waals surface area contributed by atoms with Crippen LogP contribution in [0.5, 0.6) is 0 Å². The van der Waals surface area contributed by atoms with E-state index in [4.69, 9.17) is 0 Å². The van der Waals surface area contributed by atoms with Crippen molar-refractivity contribution in [1.82, 2.24) is 20.2 Å². The Hall–Kier alpha value is -0.570. The molecule has 1 aromatic heterocycles. The van der Waals surface area contributed by atoms with Crippen LogP contribution in [0.4, 0.5) is 0 Å². The van der Waals surface area contributed by atoms with Gasteiger partial charge in [-0.05, 0) is 32.3 Å². The van der Waals surface area contributed by atoms with Gasteiger partial charge in [-0.15, -0.1) is 0 Å². The third-order valence-electron chi connectivity index (χ3n) is 3.09. The highest BCUT2D eigenvalue weighted by Gasteiger charge is 2.25. The van der Waals surface area contributed by atoms with E-state index in [1.807, 2.05) is 34.0 Å². The lowest BCUT2D eigenvalue weighted by molar-refractivity contribution is 0.546. The predicted octanol–water partition coefficient (Wildman–Crippen LogP) is 1.64. The average molecular weight is 335 g/mol. The van der Waals surface area contributed by atoms with Gasteiger partial charge in [0.2, 0.25) is 0 Å². The van der Waals surface area contributed by atoms with E-state index in [1.165, 1.54) is 0 Å². The second kappa shape index (κ2) is 8.17. The molecule has 0 aromatic carbocycles. The zero-order chi connectivity index (χ0) is 16.0. The number of hydrogen-bond donors (Lipinski definition) is 3. The lowest BCUT2D eigenvalue weighted by atomic mass is 10.2. The van der Waals surface area contributed by atoms with Gasteiger partial charge in [-0.3, -0.25) is 5.10 Å². The molecule has 0 saturated carbocycles. The van der Waals surface area contributed by atoms with Crippen molar-refractivity contribution in [2.75, 3.05) is 12.0 Å². The Morgan fingerprint density at radius 3 is 2.57 bits per heavy atom. The quantitative estimate of drug-likeness (QED) is 0.639. The van der Waals surface area contributed by atoms with Crippen LogP contribution >= 0.6 is 11.8 Å². The van der Waals surface area contributed by atoms with E-state index in [0.29, 0.717) is 12.1 Å². The van der Waals surface area contributed by atoms with Crippen LogP contribution in [0.2, 0.25) is 0 Å². The number of aryl methyl sites for hydroxylation is 1. The Morgan fingerprint density at radius 1 is 1.33 bits per heavy atom. The Balaban J connectivity index is 2.87. The molecule has 1 rings (SSSR count). The maximum atomic E-state index is 12.5. The molecule has 0 amide bonds. The first-order valence-corrected chi connectivity index (χ1v) is 9.94. The maximum absolute atomic E-state index is 12.5. The summed E-state index contributed by atoms with van der Waals surface area (Å²) >= 11 is 1.70. The van der Waals surface area contributed by atoms with Crippen LogP contribution in [0, 0.1) is 6.92 Å². The van der Waals surface area contributed by atoms with Crippen LogP contribution in [0.1, 0.15) is 38.4 Å². The molecule has 6 nitrogen and oxygen atoms in total. The monoisotopic (exact) mass is 334 g/mol. The smallest absolute Gasteiger partial charge is 0.260 e. The van der Waals surface area contributed by atoms with Crippen LogP contribution < -0.4 is 10.0 Å². The standard InChI is InChI=1S/C13H26N4O2S2/c1-9(2)14-8-12-11(4)15-16-13(12)21(18,19)17-10(3)6-7-20-5/h9-10,14,17H,6-8H2,1-5H3,(H,15,16). The Labute approximate surface area is 131 Å². The molecule has 0 aliphatic heterocycles. The molecule has 0 saturated heterocycles. The molecule has 122 valence electrons. The van der Waals surface area contributed by atoms with E-state index in [0.717, 1.165) is 17.9 Å². The van der Waals surface area contributed by atoms with Gasteiger partial charge in [-0.2, -0.15) is 16.9 Å². The number of hydrogen-bond acceptors (Lipinski definition) is 5. The van der Waals surface area contributed by atoms with Gasteiger partial charge in [-0.25, -0.2) is 13.1 Å². The Kier molecular flexibility index (Phi) is 7.19. The number of rotatable bonds is 9. The lowest BCUT2D eigenvalue weighted by Gasteiger charge is -2.14. The first-order valence-electron chi connectivity index (χ1n) is 7.06. The molecule has 21 heavy (non-hydrogen) atoms. The summed E-state index contributed by atoms with van der Waals surface area (Å²) in [6.07, 6.45) is 2.80. The van der Waals surface area contributed by atoms with Crippen LogP contribution in [0.15, 0.2) is 5.03 Å². The van der Waals surface area contributed by atoms with E-state index in [-0.39, 0.29) is 17.1 Å². The maximum Gasteiger partial charge on any atom is 0.260 e. The van der Waals surface area contributed by atoms with Crippen LogP contribution in [-0.4, -0.2) is 42.7 Å². The molecule has 0 radical (unpaired) electrons. The van der Waals surface area contributed by atoms with Gasteiger partial charge >= 0.3 is 0 Å². The van der Waals surface area contributed by atoms with Crippen LogP contribution in [0.3, 0.4) is 0 Å². The van der Waals surface area contributed by atoms with Gasteiger partial charge in [0.1, 0.15) is 0 Å². The first-order chi connectivity index (χ1) is 9.77. The Bertz CT molecular complexity index is 540. The van der Waals surface area contributed by atoms with Gasteiger partial charge in [-0.1, -0.05) is 13.8 Å². The summed E-state index contributed by atoms with van der Waals surface area (Å²) in [5, 5.41) is 10.1. The summed E-state index contributed by atoms with van der Waals surface area (Å²) in [5.74, 6) is 0.922. The van der Waals surface area contributed by atoms with Gasteiger partial charge in [0.15, 0.2) is 5.03 Å². The molecular weight excluding hydrogens is 308 g/mol. The zero-order valence-electron chi connectivity index (χ0n) is 13.4. The minimum absolute atomic E-state index is 0.101. The van der Waals surface area contributed by atoms with Crippen molar-refractivity contribution in [1.29, 1.82) is 0 Å². The van der Waals surface area contributed by atoms with Crippen molar-refractivity contribution in [3.05, 3.63) is 11.3 Å². The first kappa shape index (κ1) is 18.5. The number of aromatic nitrogens is 2. The molecule has 0 spiro atoms. The fourth-order valence-electron chi connectivity index (χ4n) is 1.84. The highest BCUT2D eigenvalue weighted by molar-refractivity contribution is 7.98. The number of nitrogens with zero attached hydrogens (tertiary/aromatic N) is 1. The average Bonchev–Trinajstić information content (AvgIpc) is 2.75. The Morgan fingerprint density at radius 2 is 2.00 bits per heavy atom. The van der Waals surface area contributed by atoms with Gasteiger partial charge in [0.05, 0.1) is 0 Å². The summed E-state index contributed by atoms with van der Waals surface area (Å²) in [5.41, 5.74) is 1.48. The van der Waals surface area contributed by atoms with Crippen LogP contribution in [-0.2, 0) is 16.6 Å². The molecule has 1 atom stereocenters. The van der Waals surface area contributed by atoms with Crippen molar-refractivity contribution in [3.8, 4) is 0 Å². The molecule has 8 heteroatoms. The second-order valence-electron chi connectivity index (χ2n) is 5.47. The van der Waals surface area contributed by atoms with Crippen molar-refractivity contribution in [2.24, 2.45) is 0 Å². The fraction of sp³-hybridized carbons (Fsp3) is 0.769. The minimum Gasteiger partial charge on any atom is -0.310 e. The summed E-state index contributed by atoms with van der Waals surface area (Å²) < 4.78 is 27.6. The third-order valence-corrected chi connectivity index (χ3v) is 5.29. The molecule has 0 bridgehead atoms. The highest BCUT2D eigenvalue weighted by atomic mass is 32.2. The number of aromatic amines is 1. The molecule has 0 aliphatic carbocycles. The fourth-order valence-corrected chi connectivity index (χ4v) is 3.90. The summed E-state index contributed by atoms with van der Waals surface area (Å²) in [7, 11) is -3.59. The second-order valence-corrected chi connectivity index (χ2v) is 8.09. The summed E-state index contributed by atoms with van der Waals surface area (Å²) in [4.78, 5) is 0. The van der Waals surface area contributed by atoms with E-state index < -0.39 is 10.0 Å². The van der Waals surface area contributed by atoms with Gasteiger partial charge in [0, 0.05) is 29.9 Å². The summed E-state index contributed by atoms with van der Waals surface area (Å²) in [6.45, 7) is 8.23. The third kappa shape index (κ3) is 5.61. The normalized spacial score (nSPS) is 13.8. The van der Waals surface area contributed by atoms with E-state index in [2.05, 4.69) is 20.2 Å². The molecule has 1 aromatic rings. The number of H-pyrrole nitrogens is 1. The molecular formula is C13H26N4O2S2. The highest BCUT2D eigenvalue weighted by Crippen LogP contribution is 2.17. The van der Waals surface area contributed by atoms with Gasteiger partial charge in [0.25, 0.3) is 10.0 Å². The topological polar surface area (TPSA) is 86.9 Å². The molecule has 0 fully saturated rings. The van der Waals surface area contributed by atoms with Crippen molar-refractivity contribution >= 4 is 21.8 Å². The number of nitrogens with one attached hydrogen (secondary N) is 3. The van der Waals surface area contributed by atoms with E-state index >= 15 is 0 Å². The van der Waals surface area contributed by atoms with E-state index in [9.17, 15) is 8.42 Å². The number of thioether (sulfide) groups is 1.